The summed E-state index contributed by atoms with van der Waals surface area (Å²) in [4.78, 5) is 10.0. The molecule has 88 valence electrons. The van der Waals surface area contributed by atoms with Crippen LogP contribution in [0, 0.1) is 17.0 Å². The molecule has 0 radical (unpaired) electrons. The lowest BCUT2D eigenvalue weighted by Crippen LogP contribution is -2.16. The van der Waals surface area contributed by atoms with E-state index in [2.05, 4.69) is 9.32 Å². The molecule has 0 heterocycles. The lowest BCUT2D eigenvalue weighted by molar-refractivity contribution is -0.385. The van der Waals surface area contributed by atoms with Crippen LogP contribution in [0.25, 0.3) is 0 Å². The first kappa shape index (κ1) is 12.6. The van der Waals surface area contributed by atoms with Crippen LogP contribution in [0.4, 0.5) is 5.69 Å². The molecule has 0 aliphatic rings. The van der Waals surface area contributed by atoms with Gasteiger partial charge in [-0.15, -0.1) is 0 Å². The van der Waals surface area contributed by atoms with Gasteiger partial charge in [0.2, 0.25) is 0 Å². The highest BCUT2D eigenvalue weighted by molar-refractivity contribution is 7.84. The zero-order valence-corrected chi connectivity index (χ0v) is 9.23. The number of benzene rings is 1. The summed E-state index contributed by atoms with van der Waals surface area (Å²) in [6, 6.07) is 4.32. The zero-order valence-electron chi connectivity index (χ0n) is 8.41. The van der Waals surface area contributed by atoms with Crippen molar-refractivity contribution >= 4 is 16.0 Å². The Kier molecular flexibility index (Phi) is 3.58. The van der Waals surface area contributed by atoms with Gasteiger partial charge in [-0.1, -0.05) is 11.6 Å². The van der Waals surface area contributed by atoms with Gasteiger partial charge in [0.25, 0.3) is 5.69 Å². The third-order valence-electron chi connectivity index (χ3n) is 1.81. The van der Waals surface area contributed by atoms with Gasteiger partial charge in [0, 0.05) is 6.07 Å². The normalized spacial score (nSPS) is 11.4. The summed E-state index contributed by atoms with van der Waals surface area (Å²) in [5.41, 5.74) is 0.729. The van der Waals surface area contributed by atoms with E-state index in [1.54, 1.807) is 13.0 Å². The highest BCUT2D eigenvalue weighted by Crippen LogP contribution is 2.20. The van der Waals surface area contributed by atoms with Crippen molar-refractivity contribution in [2.24, 2.45) is 5.14 Å². The van der Waals surface area contributed by atoms with Crippen molar-refractivity contribution in [2.75, 3.05) is 0 Å². The third-order valence-corrected chi connectivity index (χ3v) is 2.26. The van der Waals surface area contributed by atoms with Crippen molar-refractivity contribution in [3.63, 3.8) is 0 Å². The molecule has 0 amide bonds. The second kappa shape index (κ2) is 4.56. The fourth-order valence-corrected chi connectivity index (χ4v) is 1.44. The Morgan fingerprint density at radius 1 is 1.50 bits per heavy atom. The molecular weight excluding hydrogens is 236 g/mol. The molecule has 0 spiro atoms. The molecule has 0 aliphatic carbocycles. The molecule has 7 nitrogen and oxygen atoms in total. The van der Waals surface area contributed by atoms with E-state index in [1.807, 2.05) is 0 Å². The number of hydrogen-bond donors (Lipinski definition) is 1. The number of nitrogens with zero attached hydrogens (tertiary/aromatic N) is 1. The first-order chi connectivity index (χ1) is 7.29. The van der Waals surface area contributed by atoms with Gasteiger partial charge in [-0.2, -0.15) is 8.42 Å². The summed E-state index contributed by atoms with van der Waals surface area (Å²) >= 11 is 0. The van der Waals surface area contributed by atoms with Crippen molar-refractivity contribution in [3.05, 3.63) is 39.4 Å². The number of nitro benzene ring substituents is 1. The molecule has 1 aromatic rings. The molecule has 1 rings (SSSR count). The minimum atomic E-state index is -4.10. The monoisotopic (exact) mass is 246 g/mol. The second-order valence-electron chi connectivity index (χ2n) is 3.14. The van der Waals surface area contributed by atoms with Crippen molar-refractivity contribution in [1.29, 1.82) is 0 Å². The fourth-order valence-electron chi connectivity index (χ4n) is 1.15. The van der Waals surface area contributed by atoms with Gasteiger partial charge < -0.3 is 0 Å². The van der Waals surface area contributed by atoms with Crippen LogP contribution in [0.3, 0.4) is 0 Å². The van der Waals surface area contributed by atoms with E-state index in [0.717, 1.165) is 5.56 Å². The maximum atomic E-state index is 10.6. The summed E-state index contributed by atoms with van der Waals surface area (Å²) in [5.74, 6) is 0. The molecule has 1 aromatic carbocycles. The number of hydrogen-bond acceptors (Lipinski definition) is 5. The minimum absolute atomic E-state index is 0.166. The molecule has 0 saturated heterocycles. The Bertz CT molecular complexity index is 511. The van der Waals surface area contributed by atoms with Crippen LogP contribution in [0.5, 0.6) is 0 Å². The maximum absolute atomic E-state index is 10.6. The number of nitrogens with two attached hydrogens (primary N) is 1. The van der Waals surface area contributed by atoms with Crippen LogP contribution < -0.4 is 5.14 Å². The molecule has 0 fully saturated rings. The Morgan fingerprint density at radius 2 is 2.12 bits per heavy atom. The average molecular weight is 246 g/mol. The Balaban J connectivity index is 3.01. The third kappa shape index (κ3) is 3.57. The first-order valence-corrected chi connectivity index (χ1v) is 5.68. The summed E-state index contributed by atoms with van der Waals surface area (Å²) in [6.07, 6.45) is 0. The van der Waals surface area contributed by atoms with Crippen LogP contribution in [0.15, 0.2) is 18.2 Å². The standard InChI is InChI=1S/C8H10N2O5S/c1-6-2-3-8(10(11)12)7(4-6)5-15-16(9,13)14/h2-4H,5H2,1H3,(H2,9,13,14). The van der Waals surface area contributed by atoms with Crippen LogP contribution >= 0.6 is 0 Å². The maximum Gasteiger partial charge on any atom is 0.333 e. The molecule has 0 aromatic heterocycles. The number of aryl methyl sites for hydroxylation is 1. The topological polar surface area (TPSA) is 113 Å². The van der Waals surface area contributed by atoms with E-state index in [-0.39, 0.29) is 11.3 Å². The van der Waals surface area contributed by atoms with Crippen molar-refractivity contribution in [3.8, 4) is 0 Å². The SMILES string of the molecule is Cc1ccc([N+](=O)[O-])c(COS(N)(=O)=O)c1. The molecule has 0 bridgehead atoms. The molecular formula is C8H10N2O5S. The van der Waals surface area contributed by atoms with E-state index in [0.29, 0.717) is 0 Å². The van der Waals surface area contributed by atoms with E-state index >= 15 is 0 Å². The largest absolute Gasteiger partial charge is 0.333 e. The highest BCUT2D eigenvalue weighted by atomic mass is 32.2. The Hall–Kier alpha value is -1.51. The van der Waals surface area contributed by atoms with E-state index in [1.165, 1.54) is 12.1 Å². The highest BCUT2D eigenvalue weighted by Gasteiger charge is 2.15. The fraction of sp³-hybridized carbons (Fsp3) is 0.250. The summed E-state index contributed by atoms with van der Waals surface area (Å²) in [5, 5.41) is 15.3. The van der Waals surface area contributed by atoms with E-state index < -0.39 is 21.8 Å². The predicted octanol–water partition coefficient (Wildman–Crippen LogP) is 0.623. The lowest BCUT2D eigenvalue weighted by Gasteiger charge is -2.03. The summed E-state index contributed by atoms with van der Waals surface area (Å²) < 4.78 is 25.4. The van der Waals surface area contributed by atoms with E-state index in [4.69, 9.17) is 0 Å². The number of rotatable bonds is 4. The van der Waals surface area contributed by atoms with Gasteiger partial charge in [0.05, 0.1) is 17.1 Å². The summed E-state index contributed by atoms with van der Waals surface area (Å²) in [7, 11) is -4.10. The molecule has 8 heteroatoms. The van der Waals surface area contributed by atoms with Crippen LogP contribution in [0.2, 0.25) is 0 Å². The van der Waals surface area contributed by atoms with Crippen molar-refractivity contribution in [1.82, 2.24) is 0 Å². The van der Waals surface area contributed by atoms with Crippen LogP contribution in [0.1, 0.15) is 11.1 Å². The summed E-state index contributed by atoms with van der Waals surface area (Å²) in [6.45, 7) is 1.28. The molecule has 0 atom stereocenters. The Labute approximate surface area is 92.2 Å². The minimum Gasteiger partial charge on any atom is -0.258 e. The molecule has 16 heavy (non-hydrogen) atoms. The van der Waals surface area contributed by atoms with Gasteiger partial charge in [-0.3, -0.25) is 14.3 Å². The van der Waals surface area contributed by atoms with Crippen molar-refractivity contribution < 1.29 is 17.5 Å². The van der Waals surface area contributed by atoms with Gasteiger partial charge in [0.15, 0.2) is 0 Å². The zero-order chi connectivity index (χ0) is 12.3. The predicted molar refractivity (Wildman–Crippen MR) is 55.7 cm³/mol. The van der Waals surface area contributed by atoms with Gasteiger partial charge in [-0.05, 0) is 13.0 Å². The molecule has 0 saturated carbocycles. The molecule has 0 unspecified atom stereocenters. The smallest absolute Gasteiger partial charge is 0.258 e. The van der Waals surface area contributed by atoms with Crippen molar-refractivity contribution in [2.45, 2.75) is 13.5 Å². The van der Waals surface area contributed by atoms with Gasteiger partial charge in [0.1, 0.15) is 0 Å². The van der Waals surface area contributed by atoms with Gasteiger partial charge >= 0.3 is 10.3 Å². The Morgan fingerprint density at radius 3 is 2.62 bits per heavy atom. The molecule has 2 N–H and O–H groups in total. The lowest BCUT2D eigenvalue weighted by atomic mass is 10.1. The van der Waals surface area contributed by atoms with Gasteiger partial charge in [-0.25, -0.2) is 5.14 Å². The van der Waals surface area contributed by atoms with Crippen LogP contribution in [-0.4, -0.2) is 13.3 Å². The first-order valence-electron chi connectivity index (χ1n) is 4.20. The average Bonchev–Trinajstić information content (AvgIpc) is 2.13. The molecule has 0 aliphatic heterocycles. The second-order valence-corrected chi connectivity index (χ2v) is 4.37. The number of nitro groups is 1. The van der Waals surface area contributed by atoms with E-state index in [9.17, 15) is 18.5 Å². The van der Waals surface area contributed by atoms with Crippen LogP contribution in [-0.2, 0) is 21.1 Å². The quantitative estimate of drug-likeness (QED) is 0.618.